The third-order valence-electron chi connectivity index (χ3n) is 3.05. The molecule has 1 aromatic rings. The van der Waals surface area contributed by atoms with Gasteiger partial charge in [-0.25, -0.2) is 0 Å². The average Bonchev–Trinajstić information content (AvgIpc) is 3.01. The van der Waals surface area contributed by atoms with Crippen molar-refractivity contribution in [1.29, 1.82) is 0 Å². The Kier molecular flexibility index (Phi) is 2.58. The zero-order chi connectivity index (χ0) is 10.2. The highest BCUT2D eigenvalue weighted by atomic mass is 32.2. The summed E-state index contributed by atoms with van der Waals surface area (Å²) in [5.74, 6) is 0.475. The first-order chi connectivity index (χ1) is 6.64. The van der Waals surface area contributed by atoms with E-state index >= 15 is 0 Å². The van der Waals surface area contributed by atoms with Crippen LogP contribution >= 0.6 is 11.8 Å². The predicted octanol–water partition coefficient (Wildman–Crippen LogP) is 3.03. The van der Waals surface area contributed by atoms with E-state index in [1.54, 1.807) is 11.8 Å². The van der Waals surface area contributed by atoms with Crippen LogP contribution in [0.5, 0.6) is 0 Å². The largest absolute Gasteiger partial charge is 0.385 e. The number of hydrogen-bond donors (Lipinski definition) is 1. The fourth-order valence-electron chi connectivity index (χ4n) is 1.81. The van der Waals surface area contributed by atoms with Crippen LogP contribution in [-0.4, -0.2) is 11.4 Å². The van der Waals surface area contributed by atoms with Gasteiger partial charge in [0.05, 0.1) is 5.60 Å². The summed E-state index contributed by atoms with van der Waals surface area (Å²) in [6.45, 7) is 1.93. The standard InChI is InChI=1S/C12H16OS/c1-12(13,9-3-4-9)10-5-7-11(14-2)8-6-10/h5-9,13H,3-4H2,1-2H3. The van der Waals surface area contributed by atoms with Crippen LogP contribution in [0.3, 0.4) is 0 Å². The van der Waals surface area contributed by atoms with Gasteiger partial charge in [0.1, 0.15) is 0 Å². The highest BCUT2D eigenvalue weighted by molar-refractivity contribution is 7.98. The first-order valence-electron chi connectivity index (χ1n) is 5.01. The van der Waals surface area contributed by atoms with E-state index in [9.17, 15) is 5.11 Å². The molecule has 2 rings (SSSR count). The van der Waals surface area contributed by atoms with Crippen LogP contribution in [0.4, 0.5) is 0 Å². The quantitative estimate of drug-likeness (QED) is 0.770. The number of hydrogen-bond acceptors (Lipinski definition) is 2. The molecule has 1 aliphatic carbocycles. The van der Waals surface area contributed by atoms with Crippen molar-refractivity contribution in [3.63, 3.8) is 0 Å². The summed E-state index contributed by atoms with van der Waals surface area (Å²) in [6, 6.07) is 8.25. The van der Waals surface area contributed by atoms with Gasteiger partial charge < -0.3 is 5.11 Å². The van der Waals surface area contributed by atoms with Gasteiger partial charge in [0.15, 0.2) is 0 Å². The lowest BCUT2D eigenvalue weighted by Gasteiger charge is -2.23. The van der Waals surface area contributed by atoms with E-state index < -0.39 is 5.60 Å². The molecule has 1 aromatic carbocycles. The molecule has 1 atom stereocenters. The van der Waals surface area contributed by atoms with Crippen molar-refractivity contribution in [3.8, 4) is 0 Å². The molecule has 0 spiro atoms. The Morgan fingerprint density at radius 3 is 2.29 bits per heavy atom. The van der Waals surface area contributed by atoms with Gasteiger partial charge in [0, 0.05) is 4.90 Å². The van der Waals surface area contributed by atoms with Gasteiger partial charge in [-0.05, 0) is 49.6 Å². The topological polar surface area (TPSA) is 20.2 Å². The number of benzene rings is 1. The maximum absolute atomic E-state index is 10.3. The van der Waals surface area contributed by atoms with Crippen molar-refractivity contribution in [3.05, 3.63) is 29.8 Å². The van der Waals surface area contributed by atoms with Gasteiger partial charge in [0.2, 0.25) is 0 Å². The molecule has 1 nitrogen and oxygen atoms in total. The SMILES string of the molecule is CSc1ccc(C(C)(O)C2CC2)cc1. The summed E-state index contributed by atoms with van der Waals surface area (Å²) < 4.78 is 0. The molecule has 1 N–H and O–H groups in total. The summed E-state index contributed by atoms with van der Waals surface area (Å²) in [6.07, 6.45) is 4.39. The smallest absolute Gasteiger partial charge is 0.0896 e. The fraction of sp³-hybridized carbons (Fsp3) is 0.500. The maximum Gasteiger partial charge on any atom is 0.0896 e. The van der Waals surface area contributed by atoms with Crippen LogP contribution in [0, 0.1) is 5.92 Å². The third-order valence-corrected chi connectivity index (χ3v) is 3.79. The van der Waals surface area contributed by atoms with Crippen LogP contribution in [0.25, 0.3) is 0 Å². The molecule has 1 unspecified atom stereocenters. The number of aliphatic hydroxyl groups is 1. The van der Waals surface area contributed by atoms with Gasteiger partial charge in [-0.2, -0.15) is 0 Å². The van der Waals surface area contributed by atoms with E-state index in [0.29, 0.717) is 5.92 Å². The van der Waals surface area contributed by atoms with Crippen LogP contribution < -0.4 is 0 Å². The minimum absolute atomic E-state index is 0.475. The summed E-state index contributed by atoms with van der Waals surface area (Å²) >= 11 is 1.73. The van der Waals surface area contributed by atoms with Gasteiger partial charge in [-0.15, -0.1) is 11.8 Å². The third kappa shape index (κ3) is 1.82. The van der Waals surface area contributed by atoms with Crippen LogP contribution in [0.1, 0.15) is 25.3 Å². The zero-order valence-electron chi connectivity index (χ0n) is 8.66. The van der Waals surface area contributed by atoms with E-state index in [-0.39, 0.29) is 0 Å². The van der Waals surface area contributed by atoms with E-state index in [1.807, 2.05) is 19.1 Å². The summed E-state index contributed by atoms with van der Waals surface area (Å²) in [4.78, 5) is 1.25. The van der Waals surface area contributed by atoms with Crippen molar-refractivity contribution in [2.45, 2.75) is 30.3 Å². The van der Waals surface area contributed by atoms with Crippen LogP contribution in [0.15, 0.2) is 29.2 Å². The van der Waals surface area contributed by atoms with Gasteiger partial charge in [-0.3, -0.25) is 0 Å². The number of rotatable bonds is 3. The molecule has 0 aromatic heterocycles. The molecular formula is C12H16OS. The number of thioether (sulfide) groups is 1. The molecule has 1 fully saturated rings. The molecule has 0 radical (unpaired) electrons. The van der Waals surface area contributed by atoms with E-state index in [4.69, 9.17) is 0 Å². The average molecular weight is 208 g/mol. The van der Waals surface area contributed by atoms with E-state index in [1.165, 1.54) is 4.90 Å². The molecule has 2 heteroatoms. The van der Waals surface area contributed by atoms with Crippen molar-refractivity contribution in [1.82, 2.24) is 0 Å². The first kappa shape index (κ1) is 10.1. The van der Waals surface area contributed by atoms with Crippen molar-refractivity contribution in [2.75, 3.05) is 6.26 Å². The molecule has 1 saturated carbocycles. The molecule has 14 heavy (non-hydrogen) atoms. The lowest BCUT2D eigenvalue weighted by atomic mass is 9.91. The Hall–Kier alpha value is -0.470. The predicted molar refractivity (Wildman–Crippen MR) is 60.5 cm³/mol. The maximum atomic E-state index is 10.3. The first-order valence-corrected chi connectivity index (χ1v) is 6.24. The van der Waals surface area contributed by atoms with Gasteiger partial charge in [0.25, 0.3) is 0 Å². The molecule has 1 aliphatic rings. The Bertz CT molecular complexity index is 312. The highest BCUT2D eigenvalue weighted by Crippen LogP contribution is 2.45. The Balaban J connectivity index is 2.23. The minimum Gasteiger partial charge on any atom is -0.385 e. The molecule has 0 amide bonds. The van der Waals surface area contributed by atoms with Crippen molar-refractivity contribution < 1.29 is 5.11 Å². The normalized spacial score (nSPS) is 20.5. The summed E-state index contributed by atoms with van der Waals surface area (Å²) in [5.41, 5.74) is 0.439. The second-order valence-corrected chi connectivity index (χ2v) is 5.03. The Morgan fingerprint density at radius 1 is 1.29 bits per heavy atom. The second kappa shape index (κ2) is 3.59. The minimum atomic E-state index is -0.614. The molecule has 0 saturated heterocycles. The molecule has 76 valence electrons. The zero-order valence-corrected chi connectivity index (χ0v) is 9.47. The van der Waals surface area contributed by atoms with Crippen molar-refractivity contribution >= 4 is 11.8 Å². The summed E-state index contributed by atoms with van der Waals surface area (Å²) in [5, 5.41) is 10.3. The molecule has 0 aliphatic heterocycles. The molecule has 0 heterocycles. The fourth-order valence-corrected chi connectivity index (χ4v) is 2.22. The lowest BCUT2D eigenvalue weighted by Crippen LogP contribution is -2.23. The Morgan fingerprint density at radius 2 is 1.86 bits per heavy atom. The second-order valence-electron chi connectivity index (χ2n) is 4.15. The molecular weight excluding hydrogens is 192 g/mol. The van der Waals surface area contributed by atoms with Gasteiger partial charge >= 0.3 is 0 Å². The van der Waals surface area contributed by atoms with E-state index in [2.05, 4.69) is 18.4 Å². The Labute approximate surface area is 89.5 Å². The van der Waals surface area contributed by atoms with Crippen molar-refractivity contribution in [2.24, 2.45) is 5.92 Å². The highest BCUT2D eigenvalue weighted by Gasteiger charge is 2.40. The van der Waals surface area contributed by atoms with Crippen LogP contribution in [0.2, 0.25) is 0 Å². The lowest BCUT2D eigenvalue weighted by molar-refractivity contribution is 0.0330. The molecule has 0 bridgehead atoms. The van der Waals surface area contributed by atoms with E-state index in [0.717, 1.165) is 18.4 Å². The summed E-state index contributed by atoms with van der Waals surface area (Å²) in [7, 11) is 0. The van der Waals surface area contributed by atoms with Gasteiger partial charge in [-0.1, -0.05) is 12.1 Å². The van der Waals surface area contributed by atoms with Crippen LogP contribution in [-0.2, 0) is 5.60 Å². The monoisotopic (exact) mass is 208 g/mol.